The summed E-state index contributed by atoms with van der Waals surface area (Å²) in [5.41, 5.74) is -1.65. The molecular formula is C9H2F2N2O2. The molecule has 6 heteroatoms. The van der Waals surface area contributed by atoms with Gasteiger partial charge in [-0.25, -0.2) is 4.39 Å². The minimum atomic E-state index is -1.37. The highest BCUT2D eigenvalue weighted by molar-refractivity contribution is 5.47. The van der Waals surface area contributed by atoms with Crippen LogP contribution in [0.1, 0.15) is 5.56 Å². The molecule has 0 aliphatic heterocycles. The lowest BCUT2D eigenvalue weighted by Crippen LogP contribution is -1.97. The number of nitriles is 1. The van der Waals surface area contributed by atoms with Gasteiger partial charge in [0.25, 0.3) is 0 Å². The molecule has 0 heterocycles. The molecule has 0 aliphatic carbocycles. The van der Waals surface area contributed by atoms with Gasteiger partial charge in [0.15, 0.2) is 6.07 Å². The maximum atomic E-state index is 13.2. The van der Waals surface area contributed by atoms with E-state index in [2.05, 4.69) is 0 Å². The third-order valence-electron chi connectivity index (χ3n) is 1.51. The van der Waals surface area contributed by atoms with Crippen molar-refractivity contribution in [3.8, 4) is 17.9 Å². The van der Waals surface area contributed by atoms with Gasteiger partial charge in [0.05, 0.1) is 4.92 Å². The van der Waals surface area contributed by atoms with E-state index in [1.807, 2.05) is 5.92 Å². The van der Waals surface area contributed by atoms with E-state index < -0.39 is 27.8 Å². The second-order valence-electron chi connectivity index (χ2n) is 2.37. The maximum Gasteiger partial charge on any atom is 0.306 e. The lowest BCUT2D eigenvalue weighted by atomic mass is 10.2. The Balaban J connectivity index is 3.45. The fraction of sp³-hybridized carbons (Fsp3) is 0. The number of hydrogen-bond acceptors (Lipinski definition) is 3. The van der Waals surface area contributed by atoms with Gasteiger partial charge in [0.1, 0.15) is 11.4 Å². The fourth-order valence-corrected chi connectivity index (χ4v) is 0.888. The molecule has 15 heavy (non-hydrogen) atoms. The zero-order valence-electron chi connectivity index (χ0n) is 7.12. The molecule has 0 fully saturated rings. The lowest BCUT2D eigenvalue weighted by molar-refractivity contribution is -0.387. The Hall–Kier alpha value is -2.47. The van der Waals surface area contributed by atoms with Crippen LogP contribution in [0.4, 0.5) is 14.5 Å². The van der Waals surface area contributed by atoms with Crippen molar-refractivity contribution >= 4 is 5.69 Å². The van der Waals surface area contributed by atoms with Crippen molar-refractivity contribution in [1.82, 2.24) is 0 Å². The van der Waals surface area contributed by atoms with E-state index in [1.165, 1.54) is 6.07 Å². The quantitative estimate of drug-likeness (QED) is 0.401. The number of rotatable bonds is 1. The molecule has 0 aromatic heterocycles. The Morgan fingerprint density at radius 1 is 1.40 bits per heavy atom. The Morgan fingerprint density at radius 2 is 2.07 bits per heavy atom. The minimum absolute atomic E-state index is 0.697. The SMILES string of the molecule is N#CC#Cc1c(F)ccc([N+](=O)[O-])c1F. The standard InChI is InChI=1S/C9H2F2N2O2/c10-7-3-4-8(13(14)15)9(11)6(7)2-1-5-12/h3-4H. The summed E-state index contributed by atoms with van der Waals surface area (Å²) in [6, 6.07) is 2.78. The highest BCUT2D eigenvalue weighted by atomic mass is 19.1. The number of hydrogen-bond donors (Lipinski definition) is 0. The van der Waals surface area contributed by atoms with E-state index in [9.17, 15) is 18.9 Å². The number of benzene rings is 1. The average molecular weight is 208 g/mol. The van der Waals surface area contributed by atoms with E-state index in [-0.39, 0.29) is 0 Å². The van der Waals surface area contributed by atoms with Gasteiger partial charge in [0, 0.05) is 12.0 Å². The Labute approximate surface area is 82.9 Å². The Bertz CT molecular complexity index is 523. The molecule has 1 aromatic rings. The molecule has 0 atom stereocenters. The zero-order chi connectivity index (χ0) is 11.4. The Kier molecular flexibility index (Phi) is 2.94. The number of halogens is 2. The van der Waals surface area contributed by atoms with Gasteiger partial charge in [-0.05, 0) is 12.0 Å². The molecular weight excluding hydrogens is 206 g/mol. The second kappa shape index (κ2) is 4.16. The van der Waals surface area contributed by atoms with Gasteiger partial charge in [-0.15, -0.1) is 0 Å². The van der Waals surface area contributed by atoms with Crippen molar-refractivity contribution in [3.63, 3.8) is 0 Å². The summed E-state index contributed by atoms with van der Waals surface area (Å²) in [5, 5.41) is 18.4. The van der Waals surface area contributed by atoms with Crippen molar-refractivity contribution in [1.29, 1.82) is 5.26 Å². The van der Waals surface area contributed by atoms with Gasteiger partial charge in [-0.2, -0.15) is 9.65 Å². The number of nitro groups is 1. The van der Waals surface area contributed by atoms with E-state index >= 15 is 0 Å². The van der Waals surface area contributed by atoms with Crippen LogP contribution < -0.4 is 0 Å². The third kappa shape index (κ3) is 2.06. The third-order valence-corrected chi connectivity index (χ3v) is 1.51. The van der Waals surface area contributed by atoms with Gasteiger partial charge in [-0.1, -0.05) is 0 Å². The molecule has 1 rings (SSSR count). The van der Waals surface area contributed by atoms with Crippen LogP contribution in [0, 0.1) is 44.9 Å². The van der Waals surface area contributed by atoms with Crippen molar-refractivity contribution in [2.75, 3.05) is 0 Å². The summed E-state index contributed by atoms with van der Waals surface area (Å²) >= 11 is 0. The van der Waals surface area contributed by atoms with Crippen molar-refractivity contribution in [2.24, 2.45) is 0 Å². The van der Waals surface area contributed by atoms with Crippen LogP contribution in [0.15, 0.2) is 12.1 Å². The van der Waals surface area contributed by atoms with E-state index in [0.29, 0.717) is 6.07 Å². The largest absolute Gasteiger partial charge is 0.306 e. The molecule has 0 amide bonds. The molecule has 0 bridgehead atoms. The lowest BCUT2D eigenvalue weighted by Gasteiger charge is -1.97. The summed E-state index contributed by atoms with van der Waals surface area (Å²) in [6.07, 6.45) is 0. The summed E-state index contributed by atoms with van der Waals surface area (Å²) < 4.78 is 26.2. The van der Waals surface area contributed by atoms with Crippen LogP contribution in [-0.2, 0) is 0 Å². The first kappa shape index (κ1) is 10.6. The van der Waals surface area contributed by atoms with Gasteiger partial charge >= 0.3 is 5.69 Å². The molecule has 0 N–H and O–H groups in total. The minimum Gasteiger partial charge on any atom is -0.258 e. The predicted octanol–water partition coefficient (Wildman–Crippen LogP) is 1.75. The molecule has 4 nitrogen and oxygen atoms in total. The molecule has 0 saturated heterocycles. The molecule has 0 aliphatic rings. The first-order valence-electron chi connectivity index (χ1n) is 3.60. The van der Waals surface area contributed by atoms with Crippen LogP contribution in [0.25, 0.3) is 0 Å². The number of nitro benzene ring substituents is 1. The van der Waals surface area contributed by atoms with Crippen LogP contribution in [0.3, 0.4) is 0 Å². The van der Waals surface area contributed by atoms with E-state index in [1.54, 1.807) is 5.92 Å². The molecule has 0 radical (unpaired) electrons. The Morgan fingerprint density at radius 3 is 2.60 bits per heavy atom. The van der Waals surface area contributed by atoms with Gasteiger partial charge in [-0.3, -0.25) is 10.1 Å². The average Bonchev–Trinajstić information content (AvgIpc) is 2.17. The molecule has 0 unspecified atom stereocenters. The normalized spacial score (nSPS) is 8.60. The highest BCUT2D eigenvalue weighted by Crippen LogP contribution is 2.21. The van der Waals surface area contributed by atoms with Gasteiger partial charge < -0.3 is 0 Å². The molecule has 74 valence electrons. The van der Waals surface area contributed by atoms with Gasteiger partial charge in [0.2, 0.25) is 5.82 Å². The summed E-state index contributed by atoms with van der Waals surface area (Å²) in [6.45, 7) is 0. The molecule has 0 saturated carbocycles. The van der Waals surface area contributed by atoms with Crippen molar-refractivity contribution < 1.29 is 13.7 Å². The number of nitrogens with zero attached hydrogens (tertiary/aromatic N) is 2. The van der Waals surface area contributed by atoms with E-state index in [4.69, 9.17) is 5.26 Å². The first-order valence-corrected chi connectivity index (χ1v) is 3.60. The van der Waals surface area contributed by atoms with Crippen LogP contribution in [-0.4, -0.2) is 4.92 Å². The smallest absolute Gasteiger partial charge is 0.258 e. The summed E-state index contributed by atoms with van der Waals surface area (Å²) in [4.78, 5) is 9.30. The molecule has 1 aromatic carbocycles. The highest BCUT2D eigenvalue weighted by Gasteiger charge is 2.19. The topological polar surface area (TPSA) is 66.9 Å². The monoisotopic (exact) mass is 208 g/mol. The van der Waals surface area contributed by atoms with Crippen LogP contribution in [0.2, 0.25) is 0 Å². The predicted molar refractivity (Wildman–Crippen MR) is 45.5 cm³/mol. The summed E-state index contributed by atoms with van der Waals surface area (Å²) in [7, 11) is 0. The van der Waals surface area contributed by atoms with Crippen LogP contribution >= 0.6 is 0 Å². The molecule has 0 spiro atoms. The van der Waals surface area contributed by atoms with E-state index in [0.717, 1.165) is 6.07 Å². The maximum absolute atomic E-state index is 13.2. The zero-order valence-corrected chi connectivity index (χ0v) is 7.12. The fourth-order valence-electron chi connectivity index (χ4n) is 0.888. The van der Waals surface area contributed by atoms with Crippen LogP contribution in [0.5, 0.6) is 0 Å². The first-order chi connectivity index (χ1) is 7.07. The van der Waals surface area contributed by atoms with Crippen molar-refractivity contribution in [2.45, 2.75) is 0 Å². The second-order valence-corrected chi connectivity index (χ2v) is 2.37. The summed E-state index contributed by atoms with van der Waals surface area (Å²) in [5.74, 6) is 1.21. The van der Waals surface area contributed by atoms with Crippen molar-refractivity contribution in [3.05, 3.63) is 39.4 Å².